The zero-order chi connectivity index (χ0) is 70.3. The average Bonchev–Trinajstić information content (AvgIpc) is 0.846. The summed E-state index contributed by atoms with van der Waals surface area (Å²) in [5.41, 5.74) is 15.8. The molecule has 0 aliphatic rings. The Hall–Kier alpha value is -13.1. The van der Waals surface area contributed by atoms with Crippen molar-refractivity contribution in [3.05, 3.63) is 368 Å². The second-order valence-corrected chi connectivity index (χ2v) is 28.4. The molecule has 2 aromatic heterocycles. The minimum Gasteiger partial charge on any atom is -0.537 e. The molecule has 22 aromatic rings. The first-order valence-electron chi connectivity index (χ1n) is 35.8. The van der Waals surface area contributed by atoms with E-state index in [1.165, 1.54) is 147 Å². The van der Waals surface area contributed by atoms with Crippen molar-refractivity contribution >= 4 is 175 Å². The van der Waals surface area contributed by atoms with Crippen molar-refractivity contribution in [1.29, 1.82) is 0 Å². The van der Waals surface area contributed by atoms with E-state index in [1.54, 1.807) is 12.1 Å². The number of hydrogen-bond donors (Lipinski definition) is 1. The zero-order valence-electron chi connectivity index (χ0n) is 57.3. The topological polar surface area (TPSA) is 55.7 Å². The number of furan rings is 2. The van der Waals surface area contributed by atoms with Crippen molar-refractivity contribution in [3.63, 3.8) is 0 Å². The molecule has 0 unspecified atom stereocenters. The molecule has 0 fully saturated rings. The van der Waals surface area contributed by atoms with Crippen LogP contribution in [0.2, 0.25) is 0 Å². The third-order valence-corrected chi connectivity index (χ3v) is 21.8. The van der Waals surface area contributed by atoms with E-state index in [4.69, 9.17) is 18.5 Å². The molecule has 0 spiro atoms. The predicted molar refractivity (Wildman–Crippen MR) is 452 cm³/mol. The van der Waals surface area contributed by atoms with Crippen molar-refractivity contribution in [2.45, 2.75) is 0 Å². The van der Waals surface area contributed by atoms with Crippen molar-refractivity contribution in [3.8, 4) is 61.4 Å². The lowest BCUT2D eigenvalue weighted by Crippen LogP contribution is -1.98. The fraction of sp³-hybridized carbons (Fsp3) is 0. The fourth-order valence-electron chi connectivity index (χ4n) is 16.4. The SMILES string of the molecule is Brc1ccc2c(-c3ccc4ccccc4c3)c3ccccc3c(-c3ccc4ccccc4c3)c2c1.O[B]Oc1ccc2c(c1)oc1cc3ccccc3cc12.c1ccc2cc(-c3c4ccccc4c(-c4ccc5ccccc5c4)c4cc(-c5ccc6c(c5)oc5cc7ccccc7cc56)ccc34)ccc2c1. The number of hydrogen-bond acceptors (Lipinski definition) is 4. The summed E-state index contributed by atoms with van der Waals surface area (Å²) in [6.45, 7) is 0. The molecule has 1 radical (unpaired) electrons. The molecule has 2 heterocycles. The highest BCUT2D eigenvalue weighted by Gasteiger charge is 2.22. The zero-order valence-corrected chi connectivity index (χ0v) is 58.9. The smallest absolute Gasteiger partial charge is 0.537 e. The molecule has 0 aliphatic heterocycles. The summed E-state index contributed by atoms with van der Waals surface area (Å²) < 4.78 is 18.4. The van der Waals surface area contributed by atoms with E-state index in [9.17, 15) is 0 Å². The Morgan fingerprint density at radius 2 is 0.491 bits per heavy atom. The molecule has 0 bridgehead atoms. The highest BCUT2D eigenvalue weighted by Crippen LogP contribution is 2.49. The summed E-state index contributed by atoms with van der Waals surface area (Å²) in [6.07, 6.45) is 0. The van der Waals surface area contributed by atoms with Gasteiger partial charge in [0, 0.05) is 32.1 Å². The highest BCUT2D eigenvalue weighted by molar-refractivity contribution is 9.10. The summed E-state index contributed by atoms with van der Waals surface area (Å²) in [5.74, 6) is 0.545. The monoisotopic (exact) mass is 1420 g/mol. The number of fused-ring (bicyclic) bond motifs is 16. The average molecular weight is 1420 g/mol. The van der Waals surface area contributed by atoms with Crippen LogP contribution in [0.15, 0.2) is 377 Å². The van der Waals surface area contributed by atoms with Crippen LogP contribution in [-0.2, 0) is 0 Å². The first kappa shape index (κ1) is 62.7. The molecule has 20 aromatic carbocycles. The Kier molecular flexibility index (Phi) is 15.4. The van der Waals surface area contributed by atoms with Gasteiger partial charge >= 0.3 is 7.69 Å². The first-order chi connectivity index (χ1) is 52.4. The Labute approximate surface area is 619 Å². The van der Waals surface area contributed by atoms with Gasteiger partial charge in [0.1, 0.15) is 28.1 Å². The van der Waals surface area contributed by atoms with Gasteiger partial charge in [0.15, 0.2) is 0 Å². The first-order valence-corrected chi connectivity index (χ1v) is 36.6. The van der Waals surface area contributed by atoms with Crippen LogP contribution in [0.4, 0.5) is 0 Å². The molecule has 4 nitrogen and oxygen atoms in total. The Bertz CT molecular complexity index is 7330. The second kappa shape index (κ2) is 26.0. The summed E-state index contributed by atoms with van der Waals surface area (Å²) in [5, 5.41) is 37.9. The van der Waals surface area contributed by atoms with E-state index in [2.05, 4.69) is 344 Å². The van der Waals surface area contributed by atoms with Gasteiger partial charge in [-0.2, -0.15) is 0 Å². The van der Waals surface area contributed by atoms with Gasteiger partial charge in [-0.15, -0.1) is 0 Å². The van der Waals surface area contributed by atoms with Crippen LogP contribution in [0.5, 0.6) is 5.75 Å². The lowest BCUT2D eigenvalue weighted by molar-refractivity contribution is 0.453. The van der Waals surface area contributed by atoms with E-state index in [-0.39, 0.29) is 0 Å². The van der Waals surface area contributed by atoms with Crippen LogP contribution in [0.25, 0.3) is 207 Å². The molecular formula is C100H61BBrO4. The summed E-state index contributed by atoms with van der Waals surface area (Å²) in [6, 6.07) is 131. The van der Waals surface area contributed by atoms with Crippen LogP contribution in [-0.4, -0.2) is 12.7 Å². The van der Waals surface area contributed by atoms with E-state index >= 15 is 0 Å². The number of halogens is 1. The summed E-state index contributed by atoms with van der Waals surface area (Å²) >= 11 is 3.76. The van der Waals surface area contributed by atoms with Gasteiger partial charge in [0.25, 0.3) is 0 Å². The molecule has 106 heavy (non-hydrogen) atoms. The van der Waals surface area contributed by atoms with Crippen LogP contribution < -0.4 is 4.65 Å². The molecule has 0 amide bonds. The maximum atomic E-state index is 8.68. The molecule has 495 valence electrons. The maximum Gasteiger partial charge on any atom is 0.569 e. The third-order valence-electron chi connectivity index (χ3n) is 21.3. The van der Waals surface area contributed by atoms with Gasteiger partial charge in [-0.3, -0.25) is 0 Å². The van der Waals surface area contributed by atoms with E-state index in [0.29, 0.717) is 13.4 Å². The van der Waals surface area contributed by atoms with Gasteiger partial charge in [-0.25, -0.2) is 0 Å². The van der Waals surface area contributed by atoms with Gasteiger partial charge in [-0.1, -0.05) is 283 Å². The normalized spacial score (nSPS) is 11.7. The van der Waals surface area contributed by atoms with Crippen molar-refractivity contribution in [1.82, 2.24) is 0 Å². The molecule has 0 saturated carbocycles. The largest absolute Gasteiger partial charge is 0.569 e. The van der Waals surface area contributed by atoms with Gasteiger partial charge in [0.2, 0.25) is 0 Å². The second-order valence-electron chi connectivity index (χ2n) is 27.5. The van der Waals surface area contributed by atoms with Crippen molar-refractivity contribution in [2.24, 2.45) is 0 Å². The molecule has 0 saturated heterocycles. The van der Waals surface area contributed by atoms with Crippen LogP contribution in [0.1, 0.15) is 0 Å². The molecule has 6 heteroatoms. The standard InChI is InChI=1S/C50H30O.C34H21Br.C16H10BO3/c1-3-11-33-25-39(19-17-31(33)9-1)49-42-15-7-8-16-43(42)50(40-20-18-32-10-2-4-12-34(32)26-40)46-28-37(22-24-44(46)49)38-21-23-41-45-27-35-13-5-6-14-36(35)29-48(45)51-47(41)30-38;35-28-17-18-31-32(21-28)34(27-16-14-23-8-2-4-10-25(23)20-27)30-12-6-5-11-29(30)33(31)26-15-13-22-7-1-3-9-24(22)19-26;18-17-20-12-5-6-13-14-7-10-3-1-2-4-11(10)8-15(14)19-16(13)9-12/h1-30H;1-21H;1-9,18H. The molecule has 0 atom stereocenters. The molecule has 1 N–H and O–H groups in total. The van der Waals surface area contributed by atoms with E-state index in [0.717, 1.165) is 64.9 Å². The van der Waals surface area contributed by atoms with Crippen LogP contribution in [0.3, 0.4) is 0 Å². The van der Waals surface area contributed by atoms with Gasteiger partial charge in [0.05, 0.1) is 0 Å². The minimum atomic E-state index is 0.545. The summed E-state index contributed by atoms with van der Waals surface area (Å²) in [7, 11) is 0.665. The number of rotatable bonds is 7. The van der Waals surface area contributed by atoms with Crippen LogP contribution >= 0.6 is 15.9 Å². The van der Waals surface area contributed by atoms with Gasteiger partial charge < -0.3 is 18.5 Å². The highest BCUT2D eigenvalue weighted by atomic mass is 79.9. The lowest BCUT2D eigenvalue weighted by atomic mass is 9.84. The molecule has 0 aliphatic carbocycles. The van der Waals surface area contributed by atoms with Crippen molar-refractivity contribution in [2.75, 3.05) is 0 Å². The van der Waals surface area contributed by atoms with Gasteiger partial charge in [-0.05, 0) is 254 Å². The maximum absolute atomic E-state index is 8.68. The minimum absolute atomic E-state index is 0.545. The quantitative estimate of drug-likeness (QED) is 0.128. The van der Waals surface area contributed by atoms with Crippen LogP contribution in [0, 0.1) is 0 Å². The predicted octanol–water partition coefficient (Wildman–Crippen LogP) is 28.4. The van der Waals surface area contributed by atoms with Crippen molar-refractivity contribution < 1.29 is 18.5 Å². The van der Waals surface area contributed by atoms with E-state index in [1.807, 2.05) is 24.3 Å². The Balaban J connectivity index is 0.000000116. The fourth-order valence-corrected chi connectivity index (χ4v) is 16.7. The molecule has 22 rings (SSSR count). The lowest BCUT2D eigenvalue weighted by Gasteiger charge is -2.19. The Morgan fingerprint density at radius 3 is 0.896 bits per heavy atom. The van der Waals surface area contributed by atoms with E-state index < -0.39 is 0 Å². The number of benzene rings is 20. The molecular weight excluding hydrogens is 1360 g/mol. The summed E-state index contributed by atoms with van der Waals surface area (Å²) in [4.78, 5) is 0. The Morgan fingerprint density at radius 1 is 0.208 bits per heavy atom. The third kappa shape index (κ3) is 11.0.